The first-order chi connectivity index (χ1) is 9.54. The van der Waals surface area contributed by atoms with Crippen molar-refractivity contribution < 1.29 is 13.2 Å². The van der Waals surface area contributed by atoms with Crippen LogP contribution in [0.1, 0.15) is 23.5 Å². The predicted molar refractivity (Wildman–Crippen MR) is 72.7 cm³/mol. The molecule has 4 heteroatoms. The number of anilines is 1. The minimum atomic E-state index is -4.27. The summed E-state index contributed by atoms with van der Waals surface area (Å²) in [6, 6.07) is 15.7. The van der Waals surface area contributed by atoms with Gasteiger partial charge in [-0.3, -0.25) is 0 Å². The van der Waals surface area contributed by atoms with Crippen LogP contribution < -0.4 is 5.32 Å². The Balaban J connectivity index is 1.63. The fourth-order valence-electron chi connectivity index (χ4n) is 2.39. The molecule has 3 rings (SSSR count). The van der Waals surface area contributed by atoms with E-state index in [-0.39, 0.29) is 0 Å². The SMILES string of the molecule is FC(F)(F)c1ccc(NC2CC2c2ccccc2)cc1. The van der Waals surface area contributed by atoms with Crippen molar-refractivity contribution >= 4 is 5.69 Å². The van der Waals surface area contributed by atoms with E-state index in [0.717, 1.165) is 24.2 Å². The molecule has 104 valence electrons. The lowest BCUT2D eigenvalue weighted by Gasteiger charge is -2.09. The second kappa shape index (κ2) is 4.85. The van der Waals surface area contributed by atoms with Gasteiger partial charge in [-0.25, -0.2) is 0 Å². The summed E-state index contributed by atoms with van der Waals surface area (Å²) in [6.07, 6.45) is -3.25. The molecule has 1 fully saturated rings. The van der Waals surface area contributed by atoms with Crippen molar-refractivity contribution in [1.29, 1.82) is 0 Å². The average Bonchev–Trinajstić information content (AvgIpc) is 3.19. The summed E-state index contributed by atoms with van der Waals surface area (Å²) in [7, 11) is 0. The van der Waals surface area contributed by atoms with Crippen molar-refractivity contribution in [3.8, 4) is 0 Å². The molecule has 2 atom stereocenters. The molecule has 1 aliphatic rings. The van der Waals surface area contributed by atoms with Crippen LogP contribution >= 0.6 is 0 Å². The van der Waals surface area contributed by atoms with Crippen LogP contribution in [0.4, 0.5) is 18.9 Å². The van der Waals surface area contributed by atoms with Gasteiger partial charge in [-0.15, -0.1) is 0 Å². The first-order valence-electron chi connectivity index (χ1n) is 6.53. The van der Waals surface area contributed by atoms with Gasteiger partial charge in [0.2, 0.25) is 0 Å². The van der Waals surface area contributed by atoms with E-state index in [1.54, 1.807) is 0 Å². The minimum Gasteiger partial charge on any atom is -0.382 e. The topological polar surface area (TPSA) is 12.0 Å². The van der Waals surface area contributed by atoms with Crippen LogP contribution in [0.5, 0.6) is 0 Å². The molecule has 20 heavy (non-hydrogen) atoms. The van der Waals surface area contributed by atoms with Gasteiger partial charge in [-0.05, 0) is 36.2 Å². The highest BCUT2D eigenvalue weighted by molar-refractivity contribution is 5.49. The maximum absolute atomic E-state index is 12.5. The van der Waals surface area contributed by atoms with E-state index in [4.69, 9.17) is 0 Å². The van der Waals surface area contributed by atoms with Gasteiger partial charge in [-0.1, -0.05) is 30.3 Å². The summed E-state index contributed by atoms with van der Waals surface area (Å²) in [4.78, 5) is 0. The molecule has 1 aliphatic carbocycles. The number of hydrogen-bond acceptors (Lipinski definition) is 1. The Morgan fingerprint density at radius 2 is 1.55 bits per heavy atom. The third-order valence-electron chi connectivity index (χ3n) is 3.58. The van der Waals surface area contributed by atoms with E-state index >= 15 is 0 Å². The van der Waals surface area contributed by atoms with E-state index < -0.39 is 11.7 Å². The summed E-state index contributed by atoms with van der Waals surface area (Å²) in [5, 5.41) is 3.28. The number of hydrogen-bond donors (Lipinski definition) is 1. The average molecular weight is 277 g/mol. The zero-order valence-corrected chi connectivity index (χ0v) is 10.7. The third-order valence-corrected chi connectivity index (χ3v) is 3.58. The highest BCUT2D eigenvalue weighted by atomic mass is 19.4. The molecule has 0 aliphatic heterocycles. The fraction of sp³-hybridized carbons (Fsp3) is 0.250. The lowest BCUT2D eigenvalue weighted by atomic mass is 10.1. The predicted octanol–water partition coefficient (Wildman–Crippen LogP) is 4.67. The van der Waals surface area contributed by atoms with Gasteiger partial charge >= 0.3 is 6.18 Å². The molecule has 0 heterocycles. The lowest BCUT2D eigenvalue weighted by molar-refractivity contribution is -0.137. The first kappa shape index (κ1) is 13.0. The highest BCUT2D eigenvalue weighted by Gasteiger charge is 2.38. The Bertz CT molecular complexity index is 575. The Labute approximate surface area is 115 Å². The van der Waals surface area contributed by atoms with Gasteiger partial charge in [-0.2, -0.15) is 13.2 Å². The summed E-state index contributed by atoms with van der Waals surface area (Å²) in [5.74, 6) is 0.457. The highest BCUT2D eigenvalue weighted by Crippen LogP contribution is 2.42. The standard InChI is InChI=1S/C16H14F3N/c17-16(18,19)12-6-8-13(9-7-12)20-15-10-14(15)11-4-2-1-3-5-11/h1-9,14-15,20H,10H2. The molecule has 0 spiro atoms. The summed E-state index contributed by atoms with van der Waals surface area (Å²) < 4.78 is 37.4. The van der Waals surface area contributed by atoms with E-state index in [1.165, 1.54) is 17.7 Å². The van der Waals surface area contributed by atoms with Crippen molar-refractivity contribution in [3.05, 3.63) is 65.7 Å². The van der Waals surface area contributed by atoms with Gasteiger partial charge in [0.05, 0.1) is 5.56 Å². The number of rotatable bonds is 3. The molecular weight excluding hydrogens is 263 g/mol. The molecule has 1 nitrogen and oxygen atoms in total. The van der Waals surface area contributed by atoms with Gasteiger partial charge in [0.1, 0.15) is 0 Å². The molecule has 2 aromatic rings. The molecule has 1 N–H and O–H groups in total. The van der Waals surface area contributed by atoms with Crippen LogP contribution in [0.25, 0.3) is 0 Å². The quantitative estimate of drug-likeness (QED) is 0.859. The van der Waals surface area contributed by atoms with Crippen LogP contribution in [0.15, 0.2) is 54.6 Å². The van der Waals surface area contributed by atoms with E-state index in [1.807, 2.05) is 18.2 Å². The monoisotopic (exact) mass is 277 g/mol. The maximum atomic E-state index is 12.5. The second-order valence-electron chi connectivity index (χ2n) is 5.08. The first-order valence-corrected chi connectivity index (χ1v) is 6.53. The Hall–Kier alpha value is -1.97. The van der Waals surface area contributed by atoms with Crippen molar-refractivity contribution in [3.63, 3.8) is 0 Å². The molecule has 0 amide bonds. The summed E-state index contributed by atoms with van der Waals surface area (Å²) >= 11 is 0. The minimum absolute atomic E-state index is 0.314. The Morgan fingerprint density at radius 1 is 0.900 bits per heavy atom. The normalized spacial score (nSPS) is 21.6. The second-order valence-corrected chi connectivity index (χ2v) is 5.08. The third kappa shape index (κ3) is 2.79. The fourth-order valence-corrected chi connectivity index (χ4v) is 2.39. The largest absolute Gasteiger partial charge is 0.416 e. The Morgan fingerprint density at radius 3 is 2.15 bits per heavy atom. The molecule has 0 saturated heterocycles. The van der Waals surface area contributed by atoms with Gasteiger partial charge in [0.15, 0.2) is 0 Å². The molecule has 0 aromatic heterocycles. The van der Waals surface area contributed by atoms with Crippen LogP contribution in [0.3, 0.4) is 0 Å². The Kier molecular flexibility index (Phi) is 3.16. The number of halogens is 3. The van der Waals surface area contributed by atoms with Crippen molar-refractivity contribution in [2.45, 2.75) is 24.6 Å². The van der Waals surface area contributed by atoms with Crippen LogP contribution in [0, 0.1) is 0 Å². The van der Waals surface area contributed by atoms with Crippen molar-refractivity contribution in [2.24, 2.45) is 0 Å². The molecule has 1 saturated carbocycles. The van der Waals surface area contributed by atoms with Crippen LogP contribution in [-0.2, 0) is 6.18 Å². The number of alkyl halides is 3. The smallest absolute Gasteiger partial charge is 0.382 e. The lowest BCUT2D eigenvalue weighted by Crippen LogP contribution is -2.07. The molecule has 0 bridgehead atoms. The van der Waals surface area contributed by atoms with Crippen LogP contribution in [0.2, 0.25) is 0 Å². The zero-order chi connectivity index (χ0) is 14.2. The van der Waals surface area contributed by atoms with E-state index in [2.05, 4.69) is 17.4 Å². The van der Waals surface area contributed by atoms with Crippen molar-refractivity contribution in [2.75, 3.05) is 5.32 Å². The summed E-state index contributed by atoms with van der Waals surface area (Å²) in [5.41, 5.74) is 1.40. The maximum Gasteiger partial charge on any atom is 0.416 e. The van der Waals surface area contributed by atoms with E-state index in [0.29, 0.717) is 12.0 Å². The zero-order valence-electron chi connectivity index (χ0n) is 10.7. The number of benzene rings is 2. The van der Waals surface area contributed by atoms with Gasteiger partial charge in [0.25, 0.3) is 0 Å². The molecule has 2 aromatic carbocycles. The van der Waals surface area contributed by atoms with Gasteiger partial charge < -0.3 is 5.32 Å². The number of nitrogens with one attached hydrogen (secondary N) is 1. The summed E-state index contributed by atoms with van der Waals surface area (Å²) in [6.45, 7) is 0. The van der Waals surface area contributed by atoms with Gasteiger partial charge in [0, 0.05) is 17.6 Å². The van der Waals surface area contributed by atoms with Crippen LogP contribution in [-0.4, -0.2) is 6.04 Å². The van der Waals surface area contributed by atoms with Crippen molar-refractivity contribution in [1.82, 2.24) is 0 Å². The molecular formula is C16H14F3N. The van der Waals surface area contributed by atoms with E-state index in [9.17, 15) is 13.2 Å². The molecule has 0 radical (unpaired) electrons. The molecule has 2 unspecified atom stereocenters.